The maximum atomic E-state index is 9.23. The van der Waals surface area contributed by atoms with Gasteiger partial charge in [0, 0.05) is 19.1 Å². The van der Waals surface area contributed by atoms with Gasteiger partial charge in [0.15, 0.2) is 11.5 Å². The van der Waals surface area contributed by atoms with Gasteiger partial charge in [-0.25, -0.2) is 0 Å². The summed E-state index contributed by atoms with van der Waals surface area (Å²) in [5.41, 5.74) is 1.21. The van der Waals surface area contributed by atoms with Gasteiger partial charge < -0.3 is 19.9 Å². The Morgan fingerprint density at radius 3 is 2.57 bits per heavy atom. The summed E-state index contributed by atoms with van der Waals surface area (Å²) in [4.78, 5) is 0. The van der Waals surface area contributed by atoms with E-state index >= 15 is 0 Å². The fourth-order valence-electron chi connectivity index (χ4n) is 3.06. The Morgan fingerprint density at radius 1 is 1.13 bits per heavy atom. The normalized spacial score (nSPS) is 16.9. The summed E-state index contributed by atoms with van der Waals surface area (Å²) in [5.74, 6) is 2.86. The Kier molecular flexibility index (Phi) is 7.18. The average molecular weight is 321 g/mol. The van der Waals surface area contributed by atoms with Crippen molar-refractivity contribution >= 4 is 0 Å². The topological polar surface area (TPSA) is 50.7 Å². The van der Waals surface area contributed by atoms with E-state index in [4.69, 9.17) is 9.47 Å². The second-order valence-corrected chi connectivity index (χ2v) is 6.89. The Labute approximate surface area is 140 Å². The smallest absolute Gasteiger partial charge is 0.161 e. The summed E-state index contributed by atoms with van der Waals surface area (Å²) in [6.07, 6.45) is 2.93. The molecule has 2 N–H and O–H groups in total. The maximum Gasteiger partial charge on any atom is 0.161 e. The highest BCUT2D eigenvalue weighted by atomic mass is 16.5. The van der Waals surface area contributed by atoms with Gasteiger partial charge in [0.25, 0.3) is 0 Å². The Hall–Kier alpha value is -1.26. The van der Waals surface area contributed by atoms with Gasteiger partial charge >= 0.3 is 0 Å². The van der Waals surface area contributed by atoms with Crippen molar-refractivity contribution in [3.8, 4) is 11.5 Å². The standard InChI is InChI=1S/C19H31NO3/c1-14(2)11-16(7-8-21)13-20-15(3)17-5-6-18-19(12-17)23-10-4-9-22-18/h5-6,12,14-16,20-21H,4,7-11,13H2,1-3H3. The molecule has 1 aromatic carbocycles. The minimum absolute atomic E-state index is 0.250. The Morgan fingerprint density at radius 2 is 1.87 bits per heavy atom. The van der Waals surface area contributed by atoms with E-state index in [-0.39, 0.29) is 12.6 Å². The SMILES string of the molecule is CC(C)CC(CCO)CNC(C)c1ccc2c(c1)OCCCO2. The highest BCUT2D eigenvalue weighted by Crippen LogP contribution is 2.32. The molecule has 4 nitrogen and oxygen atoms in total. The van der Waals surface area contributed by atoms with Crippen LogP contribution < -0.4 is 14.8 Å². The summed E-state index contributed by atoms with van der Waals surface area (Å²) >= 11 is 0. The molecular weight excluding hydrogens is 290 g/mol. The van der Waals surface area contributed by atoms with Crippen molar-refractivity contribution in [3.05, 3.63) is 23.8 Å². The number of benzene rings is 1. The van der Waals surface area contributed by atoms with E-state index in [0.717, 1.165) is 43.9 Å². The molecule has 0 radical (unpaired) electrons. The van der Waals surface area contributed by atoms with Gasteiger partial charge in [-0.1, -0.05) is 19.9 Å². The molecular formula is C19H31NO3. The molecule has 0 bridgehead atoms. The second-order valence-electron chi connectivity index (χ2n) is 6.89. The minimum atomic E-state index is 0.250. The van der Waals surface area contributed by atoms with Gasteiger partial charge in [-0.15, -0.1) is 0 Å². The molecule has 2 unspecified atom stereocenters. The third kappa shape index (κ3) is 5.70. The first-order valence-electron chi connectivity index (χ1n) is 8.84. The number of hydrogen-bond donors (Lipinski definition) is 2. The summed E-state index contributed by atoms with van der Waals surface area (Å²) in [7, 11) is 0. The monoisotopic (exact) mass is 321 g/mol. The number of ether oxygens (including phenoxy) is 2. The second kappa shape index (κ2) is 9.14. The lowest BCUT2D eigenvalue weighted by molar-refractivity contribution is 0.237. The molecule has 1 aromatic rings. The van der Waals surface area contributed by atoms with Crippen molar-refractivity contribution < 1.29 is 14.6 Å². The van der Waals surface area contributed by atoms with Crippen molar-refractivity contribution in [2.75, 3.05) is 26.4 Å². The van der Waals surface area contributed by atoms with Gasteiger partial charge in [-0.05, 0) is 55.8 Å². The molecule has 0 aromatic heterocycles. The molecule has 0 fully saturated rings. The number of nitrogens with one attached hydrogen (secondary N) is 1. The van der Waals surface area contributed by atoms with Crippen LogP contribution in [0, 0.1) is 11.8 Å². The first-order chi connectivity index (χ1) is 11.1. The van der Waals surface area contributed by atoms with E-state index in [0.29, 0.717) is 18.4 Å². The Balaban J connectivity index is 1.94. The molecule has 0 saturated heterocycles. The van der Waals surface area contributed by atoms with Gasteiger partial charge in [-0.3, -0.25) is 0 Å². The minimum Gasteiger partial charge on any atom is -0.490 e. The van der Waals surface area contributed by atoms with E-state index in [2.05, 4.69) is 38.2 Å². The summed E-state index contributed by atoms with van der Waals surface area (Å²) in [5, 5.41) is 12.8. The molecule has 1 aliphatic heterocycles. The van der Waals surface area contributed by atoms with Crippen molar-refractivity contribution in [3.63, 3.8) is 0 Å². The lowest BCUT2D eigenvalue weighted by Gasteiger charge is -2.22. The highest BCUT2D eigenvalue weighted by molar-refractivity contribution is 5.44. The Bertz CT molecular complexity index is 476. The van der Waals surface area contributed by atoms with E-state index in [1.54, 1.807) is 0 Å². The van der Waals surface area contributed by atoms with Crippen LogP contribution in [0.1, 0.15) is 51.6 Å². The van der Waals surface area contributed by atoms with Crippen LogP contribution in [-0.4, -0.2) is 31.5 Å². The van der Waals surface area contributed by atoms with E-state index < -0.39 is 0 Å². The fourth-order valence-corrected chi connectivity index (χ4v) is 3.06. The van der Waals surface area contributed by atoms with Crippen LogP contribution in [0.25, 0.3) is 0 Å². The van der Waals surface area contributed by atoms with Crippen LogP contribution in [-0.2, 0) is 0 Å². The van der Waals surface area contributed by atoms with Crippen molar-refractivity contribution in [1.82, 2.24) is 5.32 Å². The zero-order valence-electron chi connectivity index (χ0n) is 14.7. The molecule has 2 rings (SSSR count). The number of fused-ring (bicyclic) bond motifs is 1. The third-order valence-electron chi connectivity index (χ3n) is 4.33. The van der Waals surface area contributed by atoms with E-state index in [1.165, 1.54) is 5.56 Å². The van der Waals surface area contributed by atoms with Crippen LogP contribution >= 0.6 is 0 Å². The molecule has 1 aliphatic rings. The predicted octanol–water partition coefficient (Wildman–Crippen LogP) is 3.54. The van der Waals surface area contributed by atoms with Gasteiger partial charge in [-0.2, -0.15) is 0 Å². The largest absolute Gasteiger partial charge is 0.490 e. The van der Waals surface area contributed by atoms with E-state index in [1.807, 2.05) is 6.07 Å². The van der Waals surface area contributed by atoms with Gasteiger partial charge in [0.05, 0.1) is 13.2 Å². The number of hydrogen-bond acceptors (Lipinski definition) is 4. The lowest BCUT2D eigenvalue weighted by Crippen LogP contribution is -2.27. The molecule has 0 aliphatic carbocycles. The zero-order chi connectivity index (χ0) is 16.7. The summed E-state index contributed by atoms with van der Waals surface area (Å²) < 4.78 is 11.5. The van der Waals surface area contributed by atoms with Crippen molar-refractivity contribution in [1.29, 1.82) is 0 Å². The summed E-state index contributed by atoms with van der Waals surface area (Å²) in [6, 6.07) is 6.45. The van der Waals surface area contributed by atoms with Crippen LogP contribution in [0.4, 0.5) is 0 Å². The molecule has 23 heavy (non-hydrogen) atoms. The van der Waals surface area contributed by atoms with Crippen molar-refractivity contribution in [2.24, 2.45) is 11.8 Å². The summed E-state index contributed by atoms with van der Waals surface area (Å²) in [6.45, 7) is 9.26. The fraction of sp³-hybridized carbons (Fsp3) is 0.684. The van der Waals surface area contributed by atoms with Crippen LogP contribution in [0.15, 0.2) is 18.2 Å². The van der Waals surface area contributed by atoms with Crippen LogP contribution in [0.2, 0.25) is 0 Å². The van der Waals surface area contributed by atoms with Gasteiger partial charge in [0.1, 0.15) is 0 Å². The first-order valence-corrected chi connectivity index (χ1v) is 8.84. The zero-order valence-corrected chi connectivity index (χ0v) is 14.7. The molecule has 0 saturated carbocycles. The van der Waals surface area contributed by atoms with Crippen LogP contribution in [0.5, 0.6) is 11.5 Å². The maximum absolute atomic E-state index is 9.23. The molecule has 130 valence electrons. The number of rotatable bonds is 8. The quantitative estimate of drug-likeness (QED) is 0.769. The molecule has 2 atom stereocenters. The number of aliphatic hydroxyl groups excluding tert-OH is 1. The highest BCUT2D eigenvalue weighted by Gasteiger charge is 2.15. The van der Waals surface area contributed by atoms with Crippen LogP contribution in [0.3, 0.4) is 0 Å². The van der Waals surface area contributed by atoms with Crippen molar-refractivity contribution in [2.45, 2.75) is 46.1 Å². The molecule has 0 spiro atoms. The van der Waals surface area contributed by atoms with Gasteiger partial charge in [0.2, 0.25) is 0 Å². The predicted molar refractivity (Wildman–Crippen MR) is 93.1 cm³/mol. The lowest BCUT2D eigenvalue weighted by atomic mass is 9.94. The average Bonchev–Trinajstić information content (AvgIpc) is 2.76. The van der Waals surface area contributed by atoms with E-state index in [9.17, 15) is 5.11 Å². The number of aliphatic hydroxyl groups is 1. The first kappa shape index (κ1) is 18.1. The molecule has 1 heterocycles. The molecule has 0 amide bonds. The molecule has 4 heteroatoms. The third-order valence-corrected chi connectivity index (χ3v) is 4.33.